The molecule has 0 aromatic carbocycles. The van der Waals surface area contributed by atoms with E-state index in [0.717, 1.165) is 0 Å². The molecule has 1 unspecified atom stereocenters. The predicted octanol–water partition coefficient (Wildman–Crippen LogP) is 2.21. The molecule has 1 N–H and O–H groups in total. The molecule has 3 heteroatoms. The third-order valence-electron chi connectivity index (χ3n) is 1.41. The second kappa shape index (κ2) is 3.81. The Labute approximate surface area is 65.7 Å². The van der Waals surface area contributed by atoms with E-state index in [1.807, 2.05) is 0 Å². The number of alkyl halides is 2. The second-order valence-corrected chi connectivity index (χ2v) is 3.02. The van der Waals surface area contributed by atoms with Gasteiger partial charge in [-0.3, -0.25) is 0 Å². The van der Waals surface area contributed by atoms with Gasteiger partial charge < -0.3 is 5.11 Å². The van der Waals surface area contributed by atoms with Gasteiger partial charge in [-0.25, -0.2) is 0 Å². The molecule has 0 rings (SSSR count). The lowest BCUT2D eigenvalue weighted by Gasteiger charge is -2.20. The standard InChI is InChI=1S/C8H14F2O/c1-4-8(9,10)7(11)5-6(2)3/h4,6-7,11H,1,5H2,2-3H3. The fourth-order valence-electron chi connectivity index (χ4n) is 0.740. The van der Waals surface area contributed by atoms with Crippen LogP contribution in [0.1, 0.15) is 20.3 Å². The van der Waals surface area contributed by atoms with Crippen molar-refractivity contribution in [3.63, 3.8) is 0 Å². The van der Waals surface area contributed by atoms with E-state index in [-0.39, 0.29) is 12.3 Å². The van der Waals surface area contributed by atoms with Crippen molar-refractivity contribution in [3.05, 3.63) is 12.7 Å². The van der Waals surface area contributed by atoms with E-state index in [4.69, 9.17) is 5.11 Å². The Morgan fingerprint density at radius 1 is 1.55 bits per heavy atom. The third-order valence-corrected chi connectivity index (χ3v) is 1.41. The number of aliphatic hydroxyl groups is 1. The molecule has 1 atom stereocenters. The zero-order valence-corrected chi connectivity index (χ0v) is 6.85. The Balaban J connectivity index is 4.01. The van der Waals surface area contributed by atoms with Crippen LogP contribution >= 0.6 is 0 Å². The largest absolute Gasteiger partial charge is 0.386 e. The van der Waals surface area contributed by atoms with Crippen LogP contribution in [0.5, 0.6) is 0 Å². The fraction of sp³-hybridized carbons (Fsp3) is 0.750. The van der Waals surface area contributed by atoms with Crippen LogP contribution in [0.25, 0.3) is 0 Å². The van der Waals surface area contributed by atoms with Crippen LogP contribution in [0.3, 0.4) is 0 Å². The van der Waals surface area contributed by atoms with Gasteiger partial charge in [-0.1, -0.05) is 20.4 Å². The maximum absolute atomic E-state index is 12.5. The highest BCUT2D eigenvalue weighted by Gasteiger charge is 2.34. The van der Waals surface area contributed by atoms with Crippen LogP contribution in [-0.4, -0.2) is 17.1 Å². The van der Waals surface area contributed by atoms with Crippen molar-refractivity contribution in [1.82, 2.24) is 0 Å². The molecule has 0 aliphatic heterocycles. The summed E-state index contributed by atoms with van der Waals surface area (Å²) in [5.41, 5.74) is 0. The minimum absolute atomic E-state index is 0.0656. The summed E-state index contributed by atoms with van der Waals surface area (Å²) < 4.78 is 25.1. The minimum Gasteiger partial charge on any atom is -0.386 e. The SMILES string of the molecule is C=CC(F)(F)C(O)CC(C)C. The maximum Gasteiger partial charge on any atom is 0.291 e. The first-order valence-electron chi connectivity index (χ1n) is 3.59. The van der Waals surface area contributed by atoms with Gasteiger partial charge >= 0.3 is 0 Å². The number of halogens is 2. The Morgan fingerprint density at radius 3 is 2.27 bits per heavy atom. The van der Waals surface area contributed by atoms with Crippen molar-refractivity contribution in [1.29, 1.82) is 0 Å². The molecule has 0 saturated carbocycles. The highest BCUT2D eigenvalue weighted by Crippen LogP contribution is 2.24. The summed E-state index contributed by atoms with van der Waals surface area (Å²) in [6, 6.07) is 0. The quantitative estimate of drug-likeness (QED) is 0.631. The second-order valence-electron chi connectivity index (χ2n) is 3.02. The van der Waals surface area contributed by atoms with Crippen LogP contribution in [0.4, 0.5) is 8.78 Å². The van der Waals surface area contributed by atoms with Crippen molar-refractivity contribution >= 4 is 0 Å². The van der Waals surface area contributed by atoms with Crippen molar-refractivity contribution in [3.8, 4) is 0 Å². The van der Waals surface area contributed by atoms with Gasteiger partial charge in [-0.05, 0) is 18.4 Å². The maximum atomic E-state index is 12.5. The van der Waals surface area contributed by atoms with E-state index in [0.29, 0.717) is 6.08 Å². The van der Waals surface area contributed by atoms with E-state index in [1.165, 1.54) is 0 Å². The third kappa shape index (κ3) is 3.46. The molecule has 11 heavy (non-hydrogen) atoms. The van der Waals surface area contributed by atoms with Gasteiger partial charge in [0.25, 0.3) is 5.92 Å². The molecule has 0 aliphatic rings. The van der Waals surface area contributed by atoms with Gasteiger partial charge in [0.1, 0.15) is 6.10 Å². The number of hydrogen-bond acceptors (Lipinski definition) is 1. The molecule has 66 valence electrons. The molecule has 0 bridgehead atoms. The van der Waals surface area contributed by atoms with Crippen LogP contribution in [0.2, 0.25) is 0 Å². The van der Waals surface area contributed by atoms with E-state index in [2.05, 4.69) is 6.58 Å². The Kier molecular flexibility index (Phi) is 3.66. The molecule has 0 aromatic heterocycles. The molecular weight excluding hydrogens is 150 g/mol. The first kappa shape index (κ1) is 10.6. The Bertz CT molecular complexity index is 132. The number of rotatable bonds is 4. The van der Waals surface area contributed by atoms with Crippen molar-refractivity contribution in [2.45, 2.75) is 32.3 Å². The molecule has 1 nitrogen and oxygen atoms in total. The van der Waals surface area contributed by atoms with Gasteiger partial charge in [-0.15, -0.1) is 0 Å². The van der Waals surface area contributed by atoms with E-state index in [1.54, 1.807) is 13.8 Å². The molecule has 0 spiro atoms. The molecule has 0 aromatic rings. The van der Waals surface area contributed by atoms with Gasteiger partial charge in [0, 0.05) is 0 Å². The Hall–Kier alpha value is -0.440. The van der Waals surface area contributed by atoms with Gasteiger partial charge in [0.15, 0.2) is 0 Å². The zero-order valence-electron chi connectivity index (χ0n) is 6.85. The average Bonchev–Trinajstić information content (AvgIpc) is 1.86. The van der Waals surface area contributed by atoms with Gasteiger partial charge in [-0.2, -0.15) is 8.78 Å². The fourth-order valence-corrected chi connectivity index (χ4v) is 0.740. The molecule has 0 heterocycles. The van der Waals surface area contributed by atoms with Crippen molar-refractivity contribution < 1.29 is 13.9 Å². The van der Waals surface area contributed by atoms with Crippen molar-refractivity contribution in [2.75, 3.05) is 0 Å². The lowest BCUT2D eigenvalue weighted by Crippen LogP contribution is -2.32. The molecule has 0 saturated heterocycles. The normalized spacial score (nSPS) is 15.1. The van der Waals surface area contributed by atoms with Gasteiger partial charge in [0.05, 0.1) is 0 Å². The van der Waals surface area contributed by atoms with Crippen LogP contribution in [0.15, 0.2) is 12.7 Å². The topological polar surface area (TPSA) is 20.2 Å². The summed E-state index contributed by atoms with van der Waals surface area (Å²) >= 11 is 0. The number of aliphatic hydroxyl groups excluding tert-OH is 1. The van der Waals surface area contributed by atoms with E-state index in [9.17, 15) is 8.78 Å². The molecule has 0 radical (unpaired) electrons. The smallest absolute Gasteiger partial charge is 0.291 e. The zero-order chi connectivity index (χ0) is 9.07. The molecule has 0 fully saturated rings. The monoisotopic (exact) mass is 164 g/mol. The van der Waals surface area contributed by atoms with Crippen molar-refractivity contribution in [2.24, 2.45) is 5.92 Å². The molecular formula is C8H14F2O. The highest BCUT2D eigenvalue weighted by atomic mass is 19.3. The van der Waals surface area contributed by atoms with E-state index >= 15 is 0 Å². The van der Waals surface area contributed by atoms with E-state index < -0.39 is 12.0 Å². The Morgan fingerprint density at radius 2 is 2.00 bits per heavy atom. The van der Waals surface area contributed by atoms with Crippen LogP contribution < -0.4 is 0 Å². The first-order chi connectivity index (χ1) is 4.90. The number of hydrogen-bond donors (Lipinski definition) is 1. The molecule has 0 amide bonds. The summed E-state index contributed by atoms with van der Waals surface area (Å²) in [7, 11) is 0. The highest BCUT2D eigenvalue weighted by molar-refractivity contribution is 4.93. The lowest BCUT2D eigenvalue weighted by molar-refractivity contribution is -0.0769. The summed E-state index contributed by atoms with van der Waals surface area (Å²) in [5, 5.41) is 8.93. The van der Waals surface area contributed by atoms with Gasteiger partial charge in [0.2, 0.25) is 0 Å². The summed E-state index contributed by atoms with van der Waals surface area (Å²) in [6.45, 7) is 6.51. The average molecular weight is 164 g/mol. The molecule has 0 aliphatic carbocycles. The van der Waals surface area contributed by atoms with Crippen LogP contribution in [0, 0.1) is 5.92 Å². The summed E-state index contributed by atoms with van der Waals surface area (Å²) in [6.07, 6.45) is -1.01. The summed E-state index contributed by atoms with van der Waals surface area (Å²) in [4.78, 5) is 0. The predicted molar refractivity (Wildman–Crippen MR) is 40.6 cm³/mol. The lowest BCUT2D eigenvalue weighted by atomic mass is 10.0. The van der Waals surface area contributed by atoms with Crippen LogP contribution in [-0.2, 0) is 0 Å². The first-order valence-corrected chi connectivity index (χ1v) is 3.59. The minimum atomic E-state index is -3.15. The summed E-state index contributed by atoms with van der Waals surface area (Å²) in [5.74, 6) is -3.08.